The molecule has 0 spiro atoms. The molecule has 0 aliphatic carbocycles. The minimum atomic E-state index is -0.803. The van der Waals surface area contributed by atoms with Crippen LogP contribution in [0.3, 0.4) is 0 Å². The van der Waals surface area contributed by atoms with Gasteiger partial charge in [0.2, 0.25) is 0 Å². The third kappa shape index (κ3) is 3.61. The zero-order valence-corrected chi connectivity index (χ0v) is 13.6. The zero-order chi connectivity index (χ0) is 18.7. The molecule has 26 heavy (non-hydrogen) atoms. The van der Waals surface area contributed by atoms with Crippen molar-refractivity contribution in [2.75, 3.05) is 12.4 Å². The van der Waals surface area contributed by atoms with Gasteiger partial charge in [0.25, 0.3) is 0 Å². The molecular weight excluding hydrogens is 346 g/mol. The summed E-state index contributed by atoms with van der Waals surface area (Å²) in [6.45, 7) is 0.0934. The van der Waals surface area contributed by atoms with Crippen LogP contribution in [0.2, 0.25) is 0 Å². The number of rotatable bonds is 6. The van der Waals surface area contributed by atoms with Gasteiger partial charge in [-0.2, -0.15) is 4.98 Å². The standard InChI is InChI=1S/C17H14F2N4O3/c1-20-16-15(9-24)23(8-12-2-3-13(25)7-21-12)17(22-16)26-14-5-10(18)4-11(19)6-14/h2-7,9,20,25H,8H2,1H3. The summed E-state index contributed by atoms with van der Waals surface area (Å²) >= 11 is 0. The van der Waals surface area contributed by atoms with Crippen LogP contribution in [0.5, 0.6) is 17.5 Å². The molecule has 0 fully saturated rings. The highest BCUT2D eigenvalue weighted by Gasteiger charge is 2.19. The average molecular weight is 360 g/mol. The van der Waals surface area contributed by atoms with E-state index in [0.717, 1.165) is 18.2 Å². The number of carbonyl (C=O) groups is 1. The van der Waals surface area contributed by atoms with Crippen LogP contribution in [0.1, 0.15) is 16.2 Å². The first-order valence-corrected chi connectivity index (χ1v) is 7.51. The molecule has 0 unspecified atom stereocenters. The van der Waals surface area contributed by atoms with Crippen molar-refractivity contribution in [2.45, 2.75) is 6.54 Å². The Labute approximate surface area is 146 Å². The van der Waals surface area contributed by atoms with Crippen LogP contribution >= 0.6 is 0 Å². The Kier molecular flexibility index (Phi) is 4.78. The third-order valence-corrected chi connectivity index (χ3v) is 3.49. The number of aromatic hydroxyl groups is 1. The number of benzene rings is 1. The average Bonchev–Trinajstić information content (AvgIpc) is 2.92. The molecule has 0 saturated carbocycles. The number of hydrogen-bond acceptors (Lipinski definition) is 6. The summed E-state index contributed by atoms with van der Waals surface area (Å²) in [4.78, 5) is 19.7. The highest BCUT2D eigenvalue weighted by Crippen LogP contribution is 2.28. The summed E-state index contributed by atoms with van der Waals surface area (Å²) in [5.41, 5.74) is 0.690. The van der Waals surface area contributed by atoms with Gasteiger partial charge >= 0.3 is 6.01 Å². The largest absolute Gasteiger partial charge is 0.506 e. The van der Waals surface area contributed by atoms with E-state index in [0.29, 0.717) is 12.0 Å². The predicted octanol–water partition coefficient (Wildman–Crippen LogP) is 2.96. The number of anilines is 1. The van der Waals surface area contributed by atoms with Crippen LogP contribution < -0.4 is 10.1 Å². The maximum atomic E-state index is 13.4. The van der Waals surface area contributed by atoms with Gasteiger partial charge < -0.3 is 15.2 Å². The maximum Gasteiger partial charge on any atom is 0.304 e. The van der Waals surface area contributed by atoms with E-state index in [2.05, 4.69) is 15.3 Å². The fourth-order valence-electron chi connectivity index (χ4n) is 2.34. The lowest BCUT2D eigenvalue weighted by molar-refractivity contribution is 0.111. The fourth-order valence-corrected chi connectivity index (χ4v) is 2.34. The summed E-state index contributed by atoms with van der Waals surface area (Å²) in [6, 6.07) is 5.68. The SMILES string of the molecule is CNc1nc(Oc2cc(F)cc(F)c2)n(Cc2ccc(O)cn2)c1C=O. The quantitative estimate of drug-likeness (QED) is 0.657. The Hall–Kier alpha value is -3.49. The number of nitrogens with zero attached hydrogens (tertiary/aromatic N) is 3. The van der Waals surface area contributed by atoms with Crippen molar-refractivity contribution in [3.8, 4) is 17.5 Å². The molecule has 0 radical (unpaired) electrons. The van der Waals surface area contributed by atoms with Gasteiger partial charge in [-0.05, 0) is 12.1 Å². The molecule has 7 nitrogen and oxygen atoms in total. The summed E-state index contributed by atoms with van der Waals surface area (Å²) in [5, 5.41) is 12.1. The molecule has 3 aromatic rings. The number of carbonyl (C=O) groups excluding carboxylic acids is 1. The molecular formula is C17H14F2N4O3. The first-order chi connectivity index (χ1) is 12.5. The van der Waals surface area contributed by atoms with Gasteiger partial charge in [0, 0.05) is 25.2 Å². The monoisotopic (exact) mass is 360 g/mol. The normalized spacial score (nSPS) is 10.6. The lowest BCUT2D eigenvalue weighted by Crippen LogP contribution is -2.08. The minimum absolute atomic E-state index is 0.00221. The van der Waals surface area contributed by atoms with Crippen molar-refractivity contribution in [3.05, 3.63) is 59.6 Å². The Morgan fingerprint density at radius 1 is 1.27 bits per heavy atom. The summed E-state index contributed by atoms with van der Waals surface area (Å²) in [5.74, 6) is -1.47. The van der Waals surface area contributed by atoms with E-state index < -0.39 is 11.6 Å². The molecule has 1 aromatic carbocycles. The van der Waals surface area contributed by atoms with Gasteiger partial charge in [-0.15, -0.1) is 0 Å². The summed E-state index contributed by atoms with van der Waals surface area (Å²) < 4.78 is 33.7. The number of hydrogen-bond donors (Lipinski definition) is 2. The van der Waals surface area contributed by atoms with Crippen molar-refractivity contribution < 1.29 is 23.4 Å². The van der Waals surface area contributed by atoms with Crippen LogP contribution in [0, 0.1) is 11.6 Å². The molecule has 2 N–H and O–H groups in total. The smallest absolute Gasteiger partial charge is 0.304 e. The highest BCUT2D eigenvalue weighted by molar-refractivity contribution is 5.81. The van der Waals surface area contributed by atoms with Crippen LogP contribution in [0.15, 0.2) is 36.5 Å². The molecule has 0 amide bonds. The lowest BCUT2D eigenvalue weighted by Gasteiger charge is -2.10. The second-order valence-electron chi connectivity index (χ2n) is 5.30. The summed E-state index contributed by atoms with van der Waals surface area (Å²) in [7, 11) is 1.57. The van der Waals surface area contributed by atoms with E-state index >= 15 is 0 Å². The number of nitrogens with one attached hydrogen (secondary N) is 1. The Balaban J connectivity index is 2.01. The van der Waals surface area contributed by atoms with Gasteiger partial charge in [-0.3, -0.25) is 14.3 Å². The molecule has 134 valence electrons. The molecule has 2 aromatic heterocycles. The number of aromatic nitrogens is 3. The van der Waals surface area contributed by atoms with Crippen molar-refractivity contribution in [1.29, 1.82) is 0 Å². The third-order valence-electron chi connectivity index (χ3n) is 3.49. The van der Waals surface area contributed by atoms with Crippen molar-refractivity contribution in [3.63, 3.8) is 0 Å². The number of imidazole rings is 1. The van der Waals surface area contributed by atoms with Crippen molar-refractivity contribution >= 4 is 12.1 Å². The molecule has 0 aliphatic heterocycles. The number of halogens is 2. The molecule has 0 bridgehead atoms. The van der Waals surface area contributed by atoms with Gasteiger partial charge in [-0.25, -0.2) is 8.78 Å². The van der Waals surface area contributed by atoms with Gasteiger partial charge in [0.1, 0.15) is 28.8 Å². The molecule has 0 saturated heterocycles. The van der Waals surface area contributed by atoms with Crippen LogP contribution in [-0.4, -0.2) is 33.0 Å². The second kappa shape index (κ2) is 7.18. The van der Waals surface area contributed by atoms with Gasteiger partial charge in [0.15, 0.2) is 12.1 Å². The zero-order valence-electron chi connectivity index (χ0n) is 13.6. The van der Waals surface area contributed by atoms with E-state index in [-0.39, 0.29) is 35.6 Å². The number of ether oxygens (including phenoxy) is 1. The van der Waals surface area contributed by atoms with E-state index in [1.165, 1.54) is 16.8 Å². The van der Waals surface area contributed by atoms with E-state index in [1.54, 1.807) is 13.1 Å². The van der Waals surface area contributed by atoms with E-state index in [4.69, 9.17) is 4.74 Å². The molecule has 2 heterocycles. The molecule has 0 atom stereocenters. The van der Waals surface area contributed by atoms with Gasteiger partial charge in [-0.1, -0.05) is 0 Å². The Morgan fingerprint density at radius 2 is 2.00 bits per heavy atom. The topological polar surface area (TPSA) is 89.3 Å². The van der Waals surface area contributed by atoms with Crippen molar-refractivity contribution in [1.82, 2.24) is 14.5 Å². The molecule has 3 rings (SSSR count). The first-order valence-electron chi connectivity index (χ1n) is 7.51. The summed E-state index contributed by atoms with van der Waals surface area (Å²) in [6.07, 6.45) is 1.84. The minimum Gasteiger partial charge on any atom is -0.506 e. The Morgan fingerprint density at radius 3 is 2.58 bits per heavy atom. The van der Waals surface area contributed by atoms with Gasteiger partial charge in [0.05, 0.1) is 18.4 Å². The van der Waals surface area contributed by atoms with Crippen LogP contribution in [-0.2, 0) is 6.54 Å². The number of aldehydes is 1. The van der Waals surface area contributed by atoms with E-state index in [9.17, 15) is 18.7 Å². The highest BCUT2D eigenvalue weighted by atomic mass is 19.1. The Bertz CT molecular complexity index is 922. The lowest BCUT2D eigenvalue weighted by atomic mass is 10.3. The van der Waals surface area contributed by atoms with E-state index in [1.807, 2.05) is 0 Å². The van der Waals surface area contributed by atoms with Crippen molar-refractivity contribution in [2.24, 2.45) is 0 Å². The number of pyridine rings is 1. The van der Waals surface area contributed by atoms with Crippen LogP contribution in [0.4, 0.5) is 14.6 Å². The predicted molar refractivity (Wildman–Crippen MR) is 88.6 cm³/mol. The molecule has 0 aliphatic rings. The maximum absolute atomic E-state index is 13.4. The van der Waals surface area contributed by atoms with Crippen LogP contribution in [0.25, 0.3) is 0 Å². The molecule has 9 heteroatoms. The second-order valence-corrected chi connectivity index (χ2v) is 5.30. The first kappa shape index (κ1) is 17.3. The fraction of sp³-hybridized carbons (Fsp3) is 0.118.